The number of hydrogen-bond acceptors (Lipinski definition) is 3. The summed E-state index contributed by atoms with van der Waals surface area (Å²) in [7, 11) is 0. The maximum absolute atomic E-state index is 13.1. The number of hydrogen-bond donors (Lipinski definition) is 1. The second-order valence-corrected chi connectivity index (χ2v) is 8.38. The molecule has 0 saturated carbocycles. The Labute approximate surface area is 187 Å². The van der Waals surface area contributed by atoms with Gasteiger partial charge in [0.2, 0.25) is 11.8 Å². The molecule has 1 fully saturated rings. The van der Waals surface area contributed by atoms with E-state index in [9.17, 15) is 9.59 Å². The van der Waals surface area contributed by atoms with Crippen LogP contribution in [0.5, 0.6) is 0 Å². The third-order valence-electron chi connectivity index (χ3n) is 5.23. The van der Waals surface area contributed by atoms with Gasteiger partial charge in [-0.2, -0.15) is 0 Å². The fraction of sp³-hybridized carbons (Fsp3) is 0.391. The second kappa shape index (κ2) is 10.8. The van der Waals surface area contributed by atoms with Crippen LogP contribution in [0.4, 0.5) is 0 Å². The van der Waals surface area contributed by atoms with Crippen LogP contribution in [0.3, 0.4) is 0 Å². The summed E-state index contributed by atoms with van der Waals surface area (Å²) in [6, 6.07) is 13.8. The number of carbonyl (C=O) groups excluding carboxylic acids is 2. The van der Waals surface area contributed by atoms with Gasteiger partial charge >= 0.3 is 0 Å². The van der Waals surface area contributed by atoms with Crippen molar-refractivity contribution in [2.24, 2.45) is 0 Å². The van der Waals surface area contributed by atoms with E-state index in [1.54, 1.807) is 36.1 Å². The second-order valence-electron chi connectivity index (χ2n) is 7.51. The fourth-order valence-corrected chi connectivity index (χ4v) is 3.67. The molecule has 2 aromatic rings. The van der Waals surface area contributed by atoms with Crippen LogP contribution in [0.1, 0.15) is 30.9 Å². The van der Waals surface area contributed by atoms with Crippen LogP contribution in [-0.2, 0) is 27.3 Å². The summed E-state index contributed by atoms with van der Waals surface area (Å²) in [5.74, 6) is -0.323. The minimum Gasteiger partial charge on any atom is -0.376 e. The maximum Gasteiger partial charge on any atom is 0.242 e. The van der Waals surface area contributed by atoms with Crippen molar-refractivity contribution in [1.82, 2.24) is 10.2 Å². The van der Waals surface area contributed by atoms with Crippen molar-refractivity contribution in [3.63, 3.8) is 0 Å². The van der Waals surface area contributed by atoms with Gasteiger partial charge in [0.1, 0.15) is 6.04 Å². The highest BCUT2D eigenvalue weighted by Gasteiger charge is 2.27. The van der Waals surface area contributed by atoms with Crippen LogP contribution in [0, 0.1) is 0 Å². The molecule has 160 valence electrons. The van der Waals surface area contributed by atoms with E-state index in [-0.39, 0.29) is 24.3 Å². The Kier molecular flexibility index (Phi) is 8.14. The number of nitrogens with one attached hydrogen (secondary N) is 1. The monoisotopic (exact) mass is 448 g/mol. The van der Waals surface area contributed by atoms with Crippen LogP contribution in [0.25, 0.3) is 0 Å². The lowest BCUT2D eigenvalue weighted by Crippen LogP contribution is -2.49. The smallest absolute Gasteiger partial charge is 0.242 e. The molecule has 1 aliphatic rings. The lowest BCUT2D eigenvalue weighted by Gasteiger charge is -2.29. The van der Waals surface area contributed by atoms with Crippen molar-refractivity contribution in [3.05, 3.63) is 69.7 Å². The van der Waals surface area contributed by atoms with E-state index < -0.39 is 6.04 Å². The Balaban J connectivity index is 1.71. The van der Waals surface area contributed by atoms with Crippen molar-refractivity contribution in [2.45, 2.75) is 44.9 Å². The zero-order chi connectivity index (χ0) is 21.5. The van der Waals surface area contributed by atoms with Gasteiger partial charge in [0.25, 0.3) is 0 Å². The average Bonchev–Trinajstić information content (AvgIpc) is 3.26. The van der Waals surface area contributed by atoms with Crippen LogP contribution >= 0.6 is 23.2 Å². The molecule has 3 rings (SSSR count). The van der Waals surface area contributed by atoms with Gasteiger partial charge in [-0.15, -0.1) is 0 Å². The summed E-state index contributed by atoms with van der Waals surface area (Å²) in [5.41, 5.74) is 1.75. The average molecular weight is 449 g/mol. The summed E-state index contributed by atoms with van der Waals surface area (Å²) in [6.07, 6.45) is 2.20. The van der Waals surface area contributed by atoms with Gasteiger partial charge in [-0.1, -0.05) is 47.5 Å². The summed E-state index contributed by atoms with van der Waals surface area (Å²) < 4.78 is 5.57. The highest BCUT2D eigenvalue weighted by Crippen LogP contribution is 2.17. The van der Waals surface area contributed by atoms with E-state index in [0.29, 0.717) is 23.1 Å². The van der Waals surface area contributed by atoms with Gasteiger partial charge in [-0.3, -0.25) is 9.59 Å². The van der Waals surface area contributed by atoms with Crippen molar-refractivity contribution in [1.29, 1.82) is 0 Å². The van der Waals surface area contributed by atoms with Crippen LogP contribution in [0.2, 0.25) is 10.0 Å². The number of rotatable bonds is 8. The molecule has 0 bridgehead atoms. The van der Waals surface area contributed by atoms with Crippen LogP contribution in [0.15, 0.2) is 48.5 Å². The molecule has 30 heavy (non-hydrogen) atoms. The van der Waals surface area contributed by atoms with E-state index in [2.05, 4.69) is 5.32 Å². The molecule has 1 heterocycles. The summed E-state index contributed by atoms with van der Waals surface area (Å²) >= 11 is 11.9. The number of amides is 2. The van der Waals surface area contributed by atoms with Gasteiger partial charge in [0.15, 0.2) is 0 Å². The molecular weight excluding hydrogens is 423 g/mol. The number of ether oxygens (including phenoxy) is 1. The van der Waals surface area contributed by atoms with Gasteiger partial charge < -0.3 is 15.0 Å². The lowest BCUT2D eigenvalue weighted by atomic mass is 10.1. The number of carbonyl (C=O) groups is 2. The zero-order valence-corrected chi connectivity index (χ0v) is 18.5. The third-order valence-corrected chi connectivity index (χ3v) is 5.73. The fourth-order valence-electron chi connectivity index (χ4n) is 3.42. The predicted octanol–water partition coefficient (Wildman–Crippen LogP) is 4.25. The Bertz CT molecular complexity index is 850. The minimum absolute atomic E-state index is 0.0515. The first kappa shape index (κ1) is 22.6. The minimum atomic E-state index is -0.623. The maximum atomic E-state index is 13.1. The quantitative estimate of drug-likeness (QED) is 0.656. The van der Waals surface area contributed by atoms with Gasteiger partial charge in [0.05, 0.1) is 12.5 Å². The first-order valence-electron chi connectivity index (χ1n) is 10.1. The predicted molar refractivity (Wildman–Crippen MR) is 119 cm³/mol. The molecule has 1 N–H and O–H groups in total. The summed E-state index contributed by atoms with van der Waals surface area (Å²) in [5, 5.41) is 4.17. The Morgan fingerprint density at radius 1 is 1.07 bits per heavy atom. The van der Waals surface area contributed by atoms with Crippen molar-refractivity contribution >= 4 is 35.0 Å². The topological polar surface area (TPSA) is 58.6 Å². The lowest BCUT2D eigenvalue weighted by molar-refractivity contribution is -0.140. The molecule has 0 aromatic heterocycles. The number of halogens is 2. The Hall–Kier alpha value is -2.08. The molecule has 2 atom stereocenters. The molecular formula is C23H26Cl2N2O3. The van der Waals surface area contributed by atoms with E-state index >= 15 is 0 Å². The van der Waals surface area contributed by atoms with Crippen LogP contribution in [-0.4, -0.2) is 42.0 Å². The SMILES string of the molecule is C[C@@H](C(=O)NC[C@@H]1CCCO1)N(Cc1ccc(Cl)cc1)C(=O)Cc1ccc(Cl)cc1. The molecule has 1 aliphatic heterocycles. The van der Waals surface area contributed by atoms with E-state index in [1.807, 2.05) is 24.3 Å². The molecule has 7 heteroatoms. The molecule has 0 unspecified atom stereocenters. The molecule has 2 amide bonds. The summed E-state index contributed by atoms with van der Waals surface area (Å²) in [4.78, 5) is 27.5. The molecule has 1 saturated heterocycles. The number of nitrogens with zero attached hydrogens (tertiary/aromatic N) is 1. The van der Waals surface area contributed by atoms with Gasteiger partial charge in [-0.05, 0) is 55.2 Å². The van der Waals surface area contributed by atoms with Crippen LogP contribution < -0.4 is 5.32 Å². The number of benzene rings is 2. The Morgan fingerprint density at radius 2 is 1.67 bits per heavy atom. The molecule has 5 nitrogen and oxygen atoms in total. The first-order chi connectivity index (χ1) is 14.4. The zero-order valence-electron chi connectivity index (χ0n) is 16.9. The Morgan fingerprint density at radius 3 is 2.23 bits per heavy atom. The van der Waals surface area contributed by atoms with E-state index in [0.717, 1.165) is 30.6 Å². The normalized spacial score (nSPS) is 16.8. The van der Waals surface area contributed by atoms with E-state index in [1.165, 1.54) is 0 Å². The standard InChI is InChI=1S/C23H26Cl2N2O3/c1-16(23(29)26-14-21-3-2-12-30-21)27(15-18-6-10-20(25)11-7-18)22(28)13-17-4-8-19(24)9-5-17/h4-11,16,21H,2-3,12-15H2,1H3,(H,26,29)/t16-,21-/m0/s1. The first-order valence-corrected chi connectivity index (χ1v) is 10.9. The van der Waals surface area contributed by atoms with Gasteiger partial charge in [0, 0.05) is 29.7 Å². The van der Waals surface area contributed by atoms with E-state index in [4.69, 9.17) is 27.9 Å². The third kappa shape index (κ3) is 6.46. The molecule has 0 spiro atoms. The molecule has 0 aliphatic carbocycles. The molecule has 2 aromatic carbocycles. The largest absolute Gasteiger partial charge is 0.376 e. The highest BCUT2D eigenvalue weighted by atomic mass is 35.5. The van der Waals surface area contributed by atoms with Crippen molar-refractivity contribution in [2.75, 3.05) is 13.2 Å². The van der Waals surface area contributed by atoms with Crippen molar-refractivity contribution < 1.29 is 14.3 Å². The van der Waals surface area contributed by atoms with Gasteiger partial charge in [-0.25, -0.2) is 0 Å². The molecule has 0 radical (unpaired) electrons. The highest BCUT2D eigenvalue weighted by molar-refractivity contribution is 6.30. The van der Waals surface area contributed by atoms with Crippen molar-refractivity contribution in [3.8, 4) is 0 Å². The summed E-state index contributed by atoms with van der Waals surface area (Å²) in [6.45, 7) is 3.26.